The minimum Gasteiger partial charge on any atom is -0.348 e. The van der Waals surface area contributed by atoms with E-state index in [1.165, 1.54) is 7.05 Å². The molecule has 0 aliphatic heterocycles. The molecule has 7 nitrogen and oxygen atoms in total. The van der Waals surface area contributed by atoms with Crippen LogP contribution >= 0.6 is 0 Å². The molecule has 0 aliphatic carbocycles. The number of benzene rings is 2. The van der Waals surface area contributed by atoms with E-state index in [2.05, 4.69) is 10.0 Å². The number of rotatable bonds is 8. The van der Waals surface area contributed by atoms with Crippen LogP contribution in [0.2, 0.25) is 0 Å². The molecule has 0 aromatic heterocycles. The largest absolute Gasteiger partial charge is 0.348 e. The van der Waals surface area contributed by atoms with Crippen LogP contribution in [0.15, 0.2) is 48.5 Å². The molecule has 2 aromatic rings. The smallest absolute Gasteiger partial charge is 0.251 e. The Hall–Kier alpha value is -2.23. The van der Waals surface area contributed by atoms with Gasteiger partial charge in [0.1, 0.15) is 0 Å². The summed E-state index contributed by atoms with van der Waals surface area (Å²) in [6.45, 7) is 0.295. The van der Waals surface area contributed by atoms with Crippen LogP contribution in [0.5, 0.6) is 0 Å². The lowest BCUT2D eigenvalue weighted by Gasteiger charge is -2.08. The van der Waals surface area contributed by atoms with Crippen molar-refractivity contribution in [3.05, 3.63) is 70.8 Å². The van der Waals surface area contributed by atoms with Crippen molar-refractivity contribution in [2.45, 2.75) is 18.1 Å². The summed E-state index contributed by atoms with van der Waals surface area (Å²) < 4.78 is 47.9. The van der Waals surface area contributed by atoms with Crippen molar-refractivity contribution in [2.75, 3.05) is 13.3 Å². The molecule has 2 N–H and O–H groups in total. The van der Waals surface area contributed by atoms with E-state index < -0.39 is 19.9 Å². The SMILES string of the molecule is CNS(=O)(=O)Cc1ccc(CNC(=O)c2ccc(CS(C)(=O)=O)cc2)cc1. The van der Waals surface area contributed by atoms with Crippen molar-refractivity contribution in [3.63, 3.8) is 0 Å². The van der Waals surface area contributed by atoms with Gasteiger partial charge in [-0.1, -0.05) is 36.4 Å². The monoisotopic (exact) mass is 410 g/mol. The Bertz CT molecular complexity index is 997. The number of hydrogen-bond acceptors (Lipinski definition) is 5. The number of amides is 1. The van der Waals surface area contributed by atoms with Crippen molar-refractivity contribution in [1.82, 2.24) is 10.0 Å². The highest BCUT2D eigenvalue weighted by molar-refractivity contribution is 7.89. The number of nitrogens with one attached hydrogen (secondary N) is 2. The Labute approximate surface area is 159 Å². The molecular weight excluding hydrogens is 388 g/mol. The number of sulfonamides is 1. The highest BCUT2D eigenvalue weighted by Crippen LogP contribution is 2.10. The summed E-state index contributed by atoms with van der Waals surface area (Å²) in [7, 11) is -5.07. The lowest BCUT2D eigenvalue weighted by molar-refractivity contribution is 0.0951. The summed E-state index contributed by atoms with van der Waals surface area (Å²) in [4.78, 5) is 12.2. The minimum absolute atomic E-state index is 0.0650. The molecule has 0 spiro atoms. The molecule has 0 heterocycles. The third kappa shape index (κ3) is 7.12. The van der Waals surface area contributed by atoms with Gasteiger partial charge in [0.2, 0.25) is 10.0 Å². The Morgan fingerprint density at radius 2 is 1.30 bits per heavy atom. The van der Waals surface area contributed by atoms with Crippen LogP contribution in [0.1, 0.15) is 27.0 Å². The molecule has 9 heteroatoms. The van der Waals surface area contributed by atoms with Gasteiger partial charge in [-0.15, -0.1) is 0 Å². The lowest BCUT2D eigenvalue weighted by Crippen LogP contribution is -2.23. The zero-order valence-corrected chi connectivity index (χ0v) is 16.7. The summed E-state index contributed by atoms with van der Waals surface area (Å²) >= 11 is 0. The van der Waals surface area contributed by atoms with Crippen LogP contribution in [-0.2, 0) is 37.9 Å². The molecule has 0 aliphatic rings. The van der Waals surface area contributed by atoms with E-state index in [4.69, 9.17) is 0 Å². The van der Waals surface area contributed by atoms with Gasteiger partial charge in [0.05, 0.1) is 11.5 Å². The average Bonchev–Trinajstić information content (AvgIpc) is 2.60. The molecule has 0 atom stereocenters. The Kier molecular flexibility index (Phi) is 6.74. The summed E-state index contributed by atoms with van der Waals surface area (Å²) in [5.41, 5.74) is 2.55. The van der Waals surface area contributed by atoms with Crippen molar-refractivity contribution >= 4 is 25.8 Å². The van der Waals surface area contributed by atoms with E-state index in [9.17, 15) is 21.6 Å². The zero-order chi connectivity index (χ0) is 20.1. The predicted octanol–water partition coefficient (Wildman–Crippen LogP) is 1.21. The maximum atomic E-state index is 12.2. The Balaban J connectivity index is 1.93. The molecule has 0 saturated heterocycles. The van der Waals surface area contributed by atoms with Crippen LogP contribution in [0.3, 0.4) is 0 Å². The summed E-state index contributed by atoms with van der Waals surface area (Å²) in [5.74, 6) is -0.441. The fourth-order valence-corrected chi connectivity index (χ4v) is 3.96. The second kappa shape index (κ2) is 8.64. The number of carbonyl (C=O) groups is 1. The first kappa shape index (κ1) is 21.1. The van der Waals surface area contributed by atoms with E-state index in [0.29, 0.717) is 23.2 Å². The van der Waals surface area contributed by atoms with Gasteiger partial charge in [-0.25, -0.2) is 21.6 Å². The highest BCUT2D eigenvalue weighted by atomic mass is 32.2. The minimum atomic E-state index is -3.32. The average molecular weight is 411 g/mol. The van der Waals surface area contributed by atoms with Crippen molar-refractivity contribution in [2.24, 2.45) is 0 Å². The maximum Gasteiger partial charge on any atom is 0.251 e. The third-order valence-corrected chi connectivity index (χ3v) is 5.98. The summed E-state index contributed by atoms with van der Waals surface area (Å²) in [5, 5.41) is 2.77. The van der Waals surface area contributed by atoms with Crippen molar-refractivity contribution in [1.29, 1.82) is 0 Å². The molecule has 1 amide bonds. The van der Waals surface area contributed by atoms with Crippen LogP contribution in [0, 0.1) is 0 Å². The molecule has 146 valence electrons. The normalized spacial score (nSPS) is 11.9. The van der Waals surface area contributed by atoms with Gasteiger partial charge in [-0.05, 0) is 35.9 Å². The molecular formula is C18H22N2O5S2. The standard InChI is InChI=1S/C18H22N2O5S2/c1-19-27(24,25)13-16-5-3-14(4-6-16)11-20-18(21)17-9-7-15(8-10-17)12-26(2,22)23/h3-10,19H,11-13H2,1-2H3,(H,20,21). The first-order chi connectivity index (χ1) is 12.6. The zero-order valence-electron chi connectivity index (χ0n) is 15.1. The molecule has 27 heavy (non-hydrogen) atoms. The van der Waals surface area contributed by atoms with Crippen LogP contribution < -0.4 is 10.0 Å². The highest BCUT2D eigenvalue weighted by Gasteiger charge is 2.10. The second-order valence-electron chi connectivity index (χ2n) is 6.23. The first-order valence-corrected chi connectivity index (χ1v) is 11.8. The van der Waals surface area contributed by atoms with Crippen molar-refractivity contribution in [3.8, 4) is 0 Å². The molecule has 2 rings (SSSR count). The fourth-order valence-electron chi connectivity index (χ4n) is 2.38. The lowest BCUT2D eigenvalue weighted by atomic mass is 10.1. The molecule has 0 radical (unpaired) electrons. The van der Waals surface area contributed by atoms with Gasteiger partial charge in [0.25, 0.3) is 5.91 Å². The topological polar surface area (TPSA) is 109 Å². The summed E-state index contributed by atoms with van der Waals surface area (Å²) in [6.07, 6.45) is 1.16. The van der Waals surface area contributed by atoms with E-state index in [1.54, 1.807) is 48.5 Å². The van der Waals surface area contributed by atoms with Crippen molar-refractivity contribution < 1.29 is 21.6 Å². The second-order valence-corrected chi connectivity index (χ2v) is 10.3. The van der Waals surface area contributed by atoms with Crippen LogP contribution in [0.4, 0.5) is 0 Å². The summed E-state index contributed by atoms with van der Waals surface area (Å²) in [6, 6.07) is 13.3. The quantitative estimate of drug-likeness (QED) is 0.680. The molecule has 0 saturated carbocycles. The van der Waals surface area contributed by atoms with E-state index >= 15 is 0 Å². The molecule has 0 bridgehead atoms. The van der Waals surface area contributed by atoms with Gasteiger partial charge in [-0.3, -0.25) is 4.79 Å². The Morgan fingerprint density at radius 1 is 0.815 bits per heavy atom. The molecule has 0 fully saturated rings. The van der Waals surface area contributed by atoms with Gasteiger partial charge >= 0.3 is 0 Å². The fraction of sp³-hybridized carbons (Fsp3) is 0.278. The van der Waals surface area contributed by atoms with Gasteiger partial charge in [-0.2, -0.15) is 0 Å². The predicted molar refractivity (Wildman–Crippen MR) is 104 cm³/mol. The number of sulfone groups is 1. The third-order valence-electron chi connectivity index (χ3n) is 3.79. The molecule has 2 aromatic carbocycles. The van der Waals surface area contributed by atoms with E-state index in [-0.39, 0.29) is 17.4 Å². The van der Waals surface area contributed by atoms with Crippen LogP contribution in [-0.4, -0.2) is 36.0 Å². The maximum absolute atomic E-state index is 12.2. The Morgan fingerprint density at radius 3 is 1.81 bits per heavy atom. The van der Waals surface area contributed by atoms with Gasteiger partial charge in [0.15, 0.2) is 9.84 Å². The first-order valence-electron chi connectivity index (χ1n) is 8.12. The van der Waals surface area contributed by atoms with Gasteiger partial charge in [0, 0.05) is 18.4 Å². The van der Waals surface area contributed by atoms with Crippen LogP contribution in [0.25, 0.3) is 0 Å². The van der Waals surface area contributed by atoms with Gasteiger partial charge < -0.3 is 5.32 Å². The van der Waals surface area contributed by atoms with E-state index in [1.807, 2.05) is 0 Å². The van der Waals surface area contributed by atoms with E-state index in [0.717, 1.165) is 11.8 Å². The number of carbonyl (C=O) groups excluding carboxylic acids is 1. The number of hydrogen-bond donors (Lipinski definition) is 2. The molecule has 0 unspecified atom stereocenters.